The molecule has 0 bridgehead atoms. The largest absolute Gasteiger partial charge is 0.338 e. The summed E-state index contributed by atoms with van der Waals surface area (Å²) in [5.41, 5.74) is 0.746. The maximum absolute atomic E-state index is 6.12. The Hall–Kier alpha value is -2.35. The van der Waals surface area contributed by atoms with Crippen molar-refractivity contribution in [2.24, 2.45) is 0 Å². The number of aromatic nitrogens is 5. The van der Waals surface area contributed by atoms with E-state index in [9.17, 15) is 0 Å². The molecule has 126 valence electrons. The Balaban J connectivity index is 1.78. The third kappa shape index (κ3) is 3.28. The number of nitrogen functional groups attached to an aromatic ring is 1. The van der Waals surface area contributed by atoms with Crippen LogP contribution in [0.4, 0.5) is 0 Å². The van der Waals surface area contributed by atoms with Gasteiger partial charge in [0.05, 0.1) is 5.25 Å². The van der Waals surface area contributed by atoms with Crippen LogP contribution in [0.25, 0.3) is 11.4 Å². The minimum atomic E-state index is -0.172. The van der Waals surface area contributed by atoms with Gasteiger partial charge in [0, 0.05) is 11.0 Å². The summed E-state index contributed by atoms with van der Waals surface area (Å²) in [7, 11) is 0. The van der Waals surface area contributed by atoms with Crippen LogP contribution in [0.15, 0.2) is 40.0 Å². The summed E-state index contributed by atoms with van der Waals surface area (Å²) in [6.07, 6.45) is 0. The molecule has 2 aromatic heterocycles. The van der Waals surface area contributed by atoms with E-state index >= 15 is 0 Å². The van der Waals surface area contributed by atoms with Crippen LogP contribution in [0, 0.1) is 0 Å². The maximum atomic E-state index is 6.12. The van der Waals surface area contributed by atoms with Gasteiger partial charge in [-0.3, -0.25) is 0 Å². The number of nitrogens with zero attached hydrogens (tertiary/aromatic N) is 5. The first-order valence-corrected chi connectivity index (χ1v) is 8.51. The summed E-state index contributed by atoms with van der Waals surface area (Å²) in [4.78, 5) is 4.46. The van der Waals surface area contributed by atoms with Crippen molar-refractivity contribution in [1.82, 2.24) is 25.0 Å². The zero-order valence-electron chi connectivity index (χ0n) is 14.1. The van der Waals surface area contributed by atoms with Crippen LogP contribution in [0.1, 0.15) is 44.7 Å². The van der Waals surface area contributed by atoms with Crippen LogP contribution < -0.4 is 5.84 Å². The lowest BCUT2D eigenvalue weighted by Gasteiger charge is -2.16. The van der Waals surface area contributed by atoms with Crippen LogP contribution in [0.3, 0.4) is 0 Å². The molecule has 1 atom stereocenters. The van der Waals surface area contributed by atoms with Gasteiger partial charge in [-0.05, 0) is 6.92 Å². The molecule has 0 amide bonds. The molecule has 0 aliphatic heterocycles. The molecule has 8 heteroatoms. The summed E-state index contributed by atoms with van der Waals surface area (Å²) in [6, 6.07) is 9.71. The monoisotopic (exact) mass is 344 g/mol. The Bertz CT molecular complexity index is 821. The molecular formula is C16H20N6OS. The molecule has 0 saturated heterocycles. The molecule has 0 aliphatic rings. The molecule has 2 N–H and O–H groups in total. The second-order valence-corrected chi connectivity index (χ2v) is 7.82. The van der Waals surface area contributed by atoms with Crippen LogP contribution in [0.2, 0.25) is 0 Å². The van der Waals surface area contributed by atoms with Gasteiger partial charge in [0.2, 0.25) is 16.9 Å². The fourth-order valence-corrected chi connectivity index (χ4v) is 2.98. The van der Waals surface area contributed by atoms with Crippen molar-refractivity contribution >= 4 is 11.8 Å². The summed E-state index contributed by atoms with van der Waals surface area (Å²) in [6.45, 7) is 8.10. The zero-order chi connectivity index (χ0) is 17.3. The Kier molecular flexibility index (Phi) is 4.31. The lowest BCUT2D eigenvalue weighted by molar-refractivity contribution is 0.380. The number of hydrogen-bond acceptors (Lipinski definition) is 7. The van der Waals surface area contributed by atoms with Gasteiger partial charge in [0.15, 0.2) is 5.82 Å². The van der Waals surface area contributed by atoms with Crippen molar-refractivity contribution in [3.8, 4) is 11.4 Å². The van der Waals surface area contributed by atoms with Gasteiger partial charge in [-0.1, -0.05) is 68.0 Å². The third-order valence-electron chi connectivity index (χ3n) is 3.44. The topological polar surface area (TPSA) is 95.7 Å². The number of thioether (sulfide) groups is 1. The van der Waals surface area contributed by atoms with Crippen LogP contribution in [-0.4, -0.2) is 25.0 Å². The zero-order valence-corrected chi connectivity index (χ0v) is 14.9. The smallest absolute Gasteiger partial charge is 0.240 e. The minimum absolute atomic E-state index is 0.0886. The van der Waals surface area contributed by atoms with Crippen molar-refractivity contribution in [1.29, 1.82) is 0 Å². The van der Waals surface area contributed by atoms with E-state index in [4.69, 9.17) is 10.4 Å². The number of hydrogen-bond donors (Lipinski definition) is 1. The van der Waals surface area contributed by atoms with Crippen molar-refractivity contribution in [3.05, 3.63) is 42.0 Å². The van der Waals surface area contributed by atoms with Gasteiger partial charge >= 0.3 is 0 Å². The van der Waals surface area contributed by atoms with Gasteiger partial charge in [-0.2, -0.15) is 4.98 Å². The van der Waals surface area contributed by atoms with E-state index in [-0.39, 0.29) is 10.7 Å². The third-order valence-corrected chi connectivity index (χ3v) is 4.48. The molecular weight excluding hydrogens is 324 g/mol. The number of benzene rings is 1. The Morgan fingerprint density at radius 3 is 2.50 bits per heavy atom. The Morgan fingerprint density at radius 1 is 1.17 bits per heavy atom. The van der Waals surface area contributed by atoms with E-state index in [1.54, 1.807) is 0 Å². The fourth-order valence-electron chi connectivity index (χ4n) is 2.18. The second-order valence-electron chi connectivity index (χ2n) is 6.51. The summed E-state index contributed by atoms with van der Waals surface area (Å²) >= 11 is 1.44. The summed E-state index contributed by atoms with van der Waals surface area (Å²) in [5, 5.41) is 12.9. The SMILES string of the molecule is CC(Sc1nnc(C(C)(C)C)n1N)c1nc(-c2ccccc2)no1. The predicted octanol–water partition coefficient (Wildman–Crippen LogP) is 3.19. The summed E-state index contributed by atoms with van der Waals surface area (Å²) < 4.78 is 6.91. The Labute approximate surface area is 144 Å². The molecule has 2 heterocycles. The first-order valence-electron chi connectivity index (χ1n) is 7.63. The normalized spacial score (nSPS) is 13.2. The molecule has 0 fully saturated rings. The average molecular weight is 344 g/mol. The van der Waals surface area contributed by atoms with E-state index in [0.717, 1.165) is 11.4 Å². The molecule has 0 radical (unpaired) electrons. The lowest BCUT2D eigenvalue weighted by Crippen LogP contribution is -2.24. The first kappa shape index (κ1) is 16.5. The molecule has 0 saturated carbocycles. The van der Waals surface area contributed by atoms with Crippen LogP contribution in [-0.2, 0) is 5.41 Å². The number of nitrogens with two attached hydrogens (primary N) is 1. The molecule has 7 nitrogen and oxygen atoms in total. The molecule has 1 aromatic carbocycles. The molecule has 24 heavy (non-hydrogen) atoms. The molecule has 0 spiro atoms. The van der Waals surface area contributed by atoms with Crippen LogP contribution >= 0.6 is 11.8 Å². The average Bonchev–Trinajstić information content (AvgIpc) is 3.15. The second kappa shape index (κ2) is 6.27. The predicted molar refractivity (Wildman–Crippen MR) is 92.9 cm³/mol. The van der Waals surface area contributed by atoms with Crippen LogP contribution in [0.5, 0.6) is 0 Å². The van der Waals surface area contributed by atoms with Crippen molar-refractivity contribution < 1.29 is 4.52 Å². The fraction of sp³-hybridized carbons (Fsp3) is 0.375. The maximum Gasteiger partial charge on any atom is 0.240 e. The van der Waals surface area contributed by atoms with Gasteiger partial charge in [-0.25, -0.2) is 4.68 Å². The minimum Gasteiger partial charge on any atom is -0.338 e. The van der Waals surface area contributed by atoms with Gasteiger partial charge in [0.1, 0.15) is 0 Å². The van der Waals surface area contributed by atoms with Crippen molar-refractivity contribution in [3.63, 3.8) is 0 Å². The standard InChI is InChI=1S/C16H20N6OS/c1-10(24-15-20-19-14(22(15)17)16(2,3)4)13-18-12(21-23-13)11-8-6-5-7-9-11/h5-10H,17H2,1-4H3. The van der Waals surface area contributed by atoms with E-state index in [1.807, 2.05) is 58.0 Å². The highest BCUT2D eigenvalue weighted by atomic mass is 32.2. The molecule has 3 aromatic rings. The number of rotatable bonds is 4. The van der Waals surface area contributed by atoms with E-state index in [1.165, 1.54) is 16.4 Å². The molecule has 0 aliphatic carbocycles. The van der Waals surface area contributed by atoms with E-state index < -0.39 is 0 Å². The molecule has 1 unspecified atom stereocenters. The highest BCUT2D eigenvalue weighted by molar-refractivity contribution is 7.99. The van der Waals surface area contributed by atoms with Gasteiger partial charge in [0.25, 0.3) is 0 Å². The first-order chi connectivity index (χ1) is 11.4. The summed E-state index contributed by atoms with van der Waals surface area (Å²) in [5.74, 6) is 7.94. The van der Waals surface area contributed by atoms with Gasteiger partial charge in [-0.15, -0.1) is 10.2 Å². The van der Waals surface area contributed by atoms with E-state index in [0.29, 0.717) is 16.9 Å². The quantitative estimate of drug-likeness (QED) is 0.573. The Morgan fingerprint density at radius 2 is 1.88 bits per heavy atom. The van der Waals surface area contributed by atoms with Crippen molar-refractivity contribution in [2.75, 3.05) is 5.84 Å². The highest BCUT2D eigenvalue weighted by Gasteiger charge is 2.25. The molecule has 3 rings (SSSR count). The van der Waals surface area contributed by atoms with Crippen molar-refractivity contribution in [2.45, 2.75) is 43.5 Å². The van der Waals surface area contributed by atoms with Gasteiger partial charge < -0.3 is 10.4 Å². The van der Waals surface area contributed by atoms with E-state index in [2.05, 4.69) is 20.3 Å². The highest BCUT2D eigenvalue weighted by Crippen LogP contribution is 2.34. The lowest BCUT2D eigenvalue weighted by atomic mass is 9.96.